The second kappa shape index (κ2) is 16.8. The number of halogens is 1. The molecule has 1 aromatic carbocycles. The average molecular weight is 525 g/mol. The van der Waals surface area contributed by atoms with Crippen molar-refractivity contribution in [3.8, 4) is 0 Å². The molecule has 0 aliphatic heterocycles. The van der Waals surface area contributed by atoms with Gasteiger partial charge in [0.1, 0.15) is 6.61 Å². The Hall–Kier alpha value is -2.89. The van der Waals surface area contributed by atoms with E-state index in [9.17, 15) is 4.79 Å². The van der Waals surface area contributed by atoms with Gasteiger partial charge in [-0.3, -0.25) is 4.79 Å². The Kier molecular flexibility index (Phi) is 13.8. The van der Waals surface area contributed by atoms with E-state index in [2.05, 4.69) is 42.2 Å². The van der Waals surface area contributed by atoms with E-state index in [-0.39, 0.29) is 12.3 Å². The number of nitrogens with zero attached hydrogens (tertiary/aromatic N) is 1. The highest BCUT2D eigenvalue weighted by Crippen LogP contribution is 2.24. The van der Waals surface area contributed by atoms with E-state index in [1.54, 1.807) is 0 Å². The maximum absolute atomic E-state index is 10.9. The molecule has 1 aliphatic carbocycles. The fourth-order valence-corrected chi connectivity index (χ4v) is 4.20. The van der Waals surface area contributed by atoms with E-state index < -0.39 is 5.97 Å². The van der Waals surface area contributed by atoms with Crippen molar-refractivity contribution in [1.29, 1.82) is 0 Å². The Morgan fingerprint density at radius 2 is 2.19 bits per heavy atom. The number of carbonyl (C=O) groups is 1. The van der Waals surface area contributed by atoms with Crippen molar-refractivity contribution in [2.24, 2.45) is 11.1 Å². The monoisotopic (exact) mass is 524 g/mol. The van der Waals surface area contributed by atoms with Gasteiger partial charge in [0, 0.05) is 24.0 Å². The first-order valence-electron chi connectivity index (χ1n) is 13.0. The highest BCUT2D eigenvalue weighted by molar-refractivity contribution is 6.30. The number of carboxylic acids is 1. The second-order valence-electron chi connectivity index (χ2n) is 9.55. The molecule has 0 bridgehead atoms. The van der Waals surface area contributed by atoms with E-state index in [0.717, 1.165) is 59.6 Å². The van der Waals surface area contributed by atoms with Gasteiger partial charge in [-0.15, -0.1) is 0 Å². The number of nitrogens with one attached hydrogen (secondary N) is 1. The molecule has 0 heterocycles. The predicted octanol–water partition coefficient (Wildman–Crippen LogP) is 7.46. The standard InChI is InChI=1S/C31H41ClN2O3/c1-5-26(13-12-23(2)29-16-14-28(15-17-29)21-31(35)36)18-19-37-34-25(4)22-33-24(3)8-6-9-27-10-7-11-30(32)20-27/h5,7,10-14,16-17,20,24,28,33H,2,6,8-9,15,18-19,21-22H2,1,3-4H3,(H,35,36)/b13-12-,26-5+,34-25-. The van der Waals surface area contributed by atoms with Gasteiger partial charge < -0.3 is 15.3 Å². The summed E-state index contributed by atoms with van der Waals surface area (Å²) in [6.45, 7) is 11.5. The van der Waals surface area contributed by atoms with Crippen LogP contribution in [0.25, 0.3) is 0 Å². The van der Waals surface area contributed by atoms with Crippen molar-refractivity contribution >= 4 is 23.3 Å². The maximum Gasteiger partial charge on any atom is 0.303 e. The molecule has 0 saturated carbocycles. The zero-order valence-corrected chi connectivity index (χ0v) is 23.1. The normalized spacial score (nSPS) is 17.1. The lowest BCUT2D eigenvalue weighted by atomic mass is 9.91. The van der Waals surface area contributed by atoms with Gasteiger partial charge in [0.15, 0.2) is 0 Å². The summed E-state index contributed by atoms with van der Waals surface area (Å²) in [5, 5.41) is 17.5. The van der Waals surface area contributed by atoms with Crippen LogP contribution in [0.3, 0.4) is 0 Å². The third kappa shape index (κ3) is 12.8. The van der Waals surface area contributed by atoms with E-state index in [1.807, 2.05) is 56.4 Å². The summed E-state index contributed by atoms with van der Waals surface area (Å²) >= 11 is 6.06. The Labute approximate surface area is 227 Å². The highest BCUT2D eigenvalue weighted by Gasteiger charge is 2.13. The molecule has 2 rings (SSSR count). The summed E-state index contributed by atoms with van der Waals surface area (Å²) in [5.74, 6) is -0.708. The third-order valence-corrected chi connectivity index (χ3v) is 6.50. The van der Waals surface area contributed by atoms with Crippen molar-refractivity contribution < 1.29 is 14.7 Å². The van der Waals surface area contributed by atoms with E-state index in [4.69, 9.17) is 21.5 Å². The van der Waals surface area contributed by atoms with Crippen LogP contribution in [-0.2, 0) is 16.1 Å². The number of rotatable bonds is 16. The zero-order chi connectivity index (χ0) is 27.0. The van der Waals surface area contributed by atoms with Gasteiger partial charge in [0.25, 0.3) is 0 Å². The molecule has 2 N–H and O–H groups in total. The van der Waals surface area contributed by atoms with Crippen LogP contribution >= 0.6 is 11.6 Å². The fraction of sp³-hybridized carbons (Fsp3) is 0.419. The minimum absolute atomic E-state index is 0.0587. The van der Waals surface area contributed by atoms with Crippen molar-refractivity contribution in [1.82, 2.24) is 5.32 Å². The van der Waals surface area contributed by atoms with Crippen LogP contribution in [-0.4, -0.2) is 36.0 Å². The molecule has 0 radical (unpaired) electrons. The minimum atomic E-state index is -0.767. The quantitative estimate of drug-likeness (QED) is 0.102. The predicted molar refractivity (Wildman–Crippen MR) is 155 cm³/mol. The van der Waals surface area contributed by atoms with Gasteiger partial charge in [-0.2, -0.15) is 0 Å². The van der Waals surface area contributed by atoms with Crippen LogP contribution in [0.15, 0.2) is 89.2 Å². The van der Waals surface area contributed by atoms with Gasteiger partial charge in [-0.1, -0.05) is 71.9 Å². The number of oxime groups is 1. The van der Waals surface area contributed by atoms with Gasteiger partial charge in [0.2, 0.25) is 0 Å². The van der Waals surface area contributed by atoms with Crippen LogP contribution in [0.4, 0.5) is 0 Å². The molecule has 0 fully saturated rings. The summed E-state index contributed by atoms with van der Waals surface area (Å²) in [7, 11) is 0. The molecule has 200 valence electrons. The summed E-state index contributed by atoms with van der Waals surface area (Å²) < 4.78 is 0. The molecule has 1 aliphatic rings. The molecule has 2 unspecified atom stereocenters. The summed E-state index contributed by atoms with van der Waals surface area (Å²) in [6, 6.07) is 8.46. The maximum atomic E-state index is 10.9. The number of allylic oxidation sites excluding steroid dienone is 8. The van der Waals surface area contributed by atoms with E-state index in [1.165, 1.54) is 5.56 Å². The zero-order valence-electron chi connectivity index (χ0n) is 22.4. The van der Waals surface area contributed by atoms with Crippen molar-refractivity contribution in [3.05, 3.63) is 94.6 Å². The fourth-order valence-electron chi connectivity index (χ4n) is 3.99. The summed E-state index contributed by atoms with van der Waals surface area (Å²) in [4.78, 5) is 16.4. The van der Waals surface area contributed by atoms with Gasteiger partial charge in [-0.05, 0) is 86.8 Å². The number of hydrogen-bond donors (Lipinski definition) is 2. The topological polar surface area (TPSA) is 70.9 Å². The number of benzene rings is 1. The molecule has 0 saturated heterocycles. The van der Waals surface area contributed by atoms with Crippen LogP contribution in [0.5, 0.6) is 0 Å². The summed E-state index contributed by atoms with van der Waals surface area (Å²) in [6.07, 6.45) is 16.9. The lowest BCUT2D eigenvalue weighted by Gasteiger charge is -2.14. The van der Waals surface area contributed by atoms with Gasteiger partial charge >= 0.3 is 5.97 Å². The van der Waals surface area contributed by atoms with Crippen molar-refractivity contribution in [2.45, 2.75) is 65.3 Å². The molecule has 6 heteroatoms. The molecule has 1 aromatic rings. The first-order valence-corrected chi connectivity index (χ1v) is 13.4. The van der Waals surface area contributed by atoms with Crippen LogP contribution in [0.1, 0.15) is 58.4 Å². The first kappa shape index (κ1) is 30.3. The van der Waals surface area contributed by atoms with Gasteiger partial charge in [-0.25, -0.2) is 0 Å². The van der Waals surface area contributed by atoms with Crippen molar-refractivity contribution in [2.75, 3.05) is 13.2 Å². The first-order chi connectivity index (χ1) is 17.8. The molecule has 0 spiro atoms. The SMILES string of the molecule is C=C(/C=C\C(=C/C)CCO/N=C(/C)CNC(C)CCCc1cccc(Cl)c1)C1=CCC(CC(=O)O)C=C1. The second-order valence-corrected chi connectivity index (χ2v) is 9.98. The molecule has 37 heavy (non-hydrogen) atoms. The number of hydrogen-bond acceptors (Lipinski definition) is 4. The molecule has 0 aromatic heterocycles. The number of aliphatic carboxylic acids is 1. The molecule has 0 amide bonds. The number of carboxylic acid groups (broad SMARTS) is 1. The lowest BCUT2D eigenvalue weighted by Crippen LogP contribution is -2.30. The Morgan fingerprint density at radius 3 is 2.86 bits per heavy atom. The van der Waals surface area contributed by atoms with Gasteiger partial charge in [0.05, 0.1) is 12.1 Å². The Morgan fingerprint density at radius 1 is 1.38 bits per heavy atom. The largest absolute Gasteiger partial charge is 0.481 e. The molecule has 2 atom stereocenters. The molecular weight excluding hydrogens is 484 g/mol. The van der Waals surface area contributed by atoms with E-state index in [0.29, 0.717) is 19.2 Å². The molecular formula is C31H41ClN2O3. The number of aryl methyl sites for hydroxylation is 1. The summed E-state index contributed by atoms with van der Waals surface area (Å²) in [5.41, 5.74) is 5.29. The van der Waals surface area contributed by atoms with E-state index >= 15 is 0 Å². The lowest BCUT2D eigenvalue weighted by molar-refractivity contribution is -0.137. The van der Waals surface area contributed by atoms with Crippen LogP contribution < -0.4 is 5.32 Å². The Bertz CT molecular complexity index is 1050. The van der Waals surface area contributed by atoms with Crippen molar-refractivity contribution in [3.63, 3.8) is 0 Å². The van der Waals surface area contributed by atoms with Crippen LogP contribution in [0.2, 0.25) is 5.02 Å². The van der Waals surface area contributed by atoms with Crippen LogP contribution in [0, 0.1) is 5.92 Å². The molecule has 5 nitrogen and oxygen atoms in total. The third-order valence-electron chi connectivity index (χ3n) is 6.27. The Balaban J connectivity index is 1.63. The highest BCUT2D eigenvalue weighted by atomic mass is 35.5. The smallest absolute Gasteiger partial charge is 0.303 e. The minimum Gasteiger partial charge on any atom is -0.481 e. The average Bonchev–Trinajstić information content (AvgIpc) is 2.87.